The molecule has 8 nitrogen and oxygen atoms in total. The van der Waals surface area contributed by atoms with Gasteiger partial charge in [0.05, 0.1) is 26.6 Å². The lowest BCUT2D eigenvalue weighted by molar-refractivity contribution is -0.380. The molecule has 0 atom stereocenters. The summed E-state index contributed by atoms with van der Waals surface area (Å²) in [5, 5.41) is 10.7. The summed E-state index contributed by atoms with van der Waals surface area (Å²) in [5.74, 6) is -3.25. The van der Waals surface area contributed by atoms with Crippen LogP contribution in [0.4, 0.5) is 19.5 Å². The van der Waals surface area contributed by atoms with Crippen molar-refractivity contribution in [1.82, 2.24) is 4.90 Å². The average molecular weight is 485 g/mol. The number of fused-ring (bicyclic) bond motifs is 1. The van der Waals surface area contributed by atoms with Crippen molar-refractivity contribution in [2.24, 2.45) is 0 Å². The van der Waals surface area contributed by atoms with E-state index < -0.39 is 34.3 Å². The molecule has 0 unspecified atom stereocenters. The number of nitro groups is 1. The van der Waals surface area contributed by atoms with E-state index in [0.29, 0.717) is 35.0 Å². The highest BCUT2D eigenvalue weighted by molar-refractivity contribution is 7.17. The van der Waals surface area contributed by atoms with Gasteiger partial charge in [0.25, 0.3) is 17.7 Å². The number of nitrogens with zero attached hydrogens (tertiary/aromatic N) is 3. The number of amides is 3. The van der Waals surface area contributed by atoms with E-state index in [1.54, 1.807) is 24.3 Å². The molecule has 0 N–H and O–H groups in total. The van der Waals surface area contributed by atoms with E-state index in [1.807, 2.05) is 0 Å². The highest BCUT2D eigenvalue weighted by atomic mass is 32.1. The maximum atomic E-state index is 14.5. The number of rotatable bonds is 8. The Balaban J connectivity index is 1.48. The fourth-order valence-corrected chi connectivity index (χ4v) is 4.46. The van der Waals surface area contributed by atoms with E-state index in [2.05, 4.69) is 0 Å². The molecular formula is C23H17F2N3O5S. The van der Waals surface area contributed by atoms with Crippen LogP contribution in [0.1, 0.15) is 43.2 Å². The Labute approximate surface area is 196 Å². The number of halogens is 2. The minimum atomic E-state index is -0.959. The SMILES string of the molecule is O=C1c2ccccc2C(=O)N1CCCCN(C(=O)c1ccc([N+](=O)[O-])s1)c1ccc(F)cc1F. The van der Waals surface area contributed by atoms with Crippen LogP contribution in [0.25, 0.3) is 0 Å². The predicted molar refractivity (Wildman–Crippen MR) is 120 cm³/mol. The third-order valence-corrected chi connectivity index (χ3v) is 6.34. The molecule has 3 amide bonds. The van der Waals surface area contributed by atoms with Gasteiger partial charge in [0.1, 0.15) is 11.6 Å². The van der Waals surface area contributed by atoms with Gasteiger partial charge in [-0.1, -0.05) is 23.5 Å². The molecule has 1 aliphatic heterocycles. The maximum Gasteiger partial charge on any atom is 0.324 e. The first kappa shape index (κ1) is 23.2. The molecule has 174 valence electrons. The van der Waals surface area contributed by atoms with E-state index in [1.165, 1.54) is 12.1 Å². The lowest BCUT2D eigenvalue weighted by Gasteiger charge is -2.23. The summed E-state index contributed by atoms with van der Waals surface area (Å²) in [5.41, 5.74) is 0.483. The van der Waals surface area contributed by atoms with E-state index in [0.717, 1.165) is 21.9 Å². The second-order valence-electron chi connectivity index (χ2n) is 7.46. The van der Waals surface area contributed by atoms with E-state index in [9.17, 15) is 33.3 Å². The molecule has 0 aliphatic carbocycles. The van der Waals surface area contributed by atoms with Crippen LogP contribution < -0.4 is 4.90 Å². The minimum absolute atomic E-state index is 0.0176. The Kier molecular flexibility index (Phi) is 6.46. The van der Waals surface area contributed by atoms with Gasteiger partial charge in [0.2, 0.25) is 0 Å². The molecule has 0 saturated heterocycles. The fourth-order valence-electron chi connectivity index (χ4n) is 3.69. The molecule has 34 heavy (non-hydrogen) atoms. The Morgan fingerprint density at radius 2 is 1.68 bits per heavy atom. The molecule has 0 bridgehead atoms. The number of unbranched alkanes of at least 4 members (excludes halogenated alkanes) is 1. The van der Waals surface area contributed by atoms with Gasteiger partial charge in [-0.15, -0.1) is 0 Å². The molecule has 1 aliphatic rings. The molecule has 11 heteroatoms. The van der Waals surface area contributed by atoms with Crippen LogP contribution in [-0.2, 0) is 0 Å². The molecule has 1 aromatic heterocycles. The molecule has 2 aromatic carbocycles. The normalized spacial score (nSPS) is 12.7. The monoisotopic (exact) mass is 485 g/mol. The zero-order valence-corrected chi connectivity index (χ0v) is 18.4. The second-order valence-corrected chi connectivity index (χ2v) is 8.52. The van der Waals surface area contributed by atoms with Gasteiger partial charge in [-0.25, -0.2) is 8.78 Å². The first-order valence-corrected chi connectivity index (χ1v) is 11.1. The van der Waals surface area contributed by atoms with Crippen molar-refractivity contribution in [3.63, 3.8) is 0 Å². The summed E-state index contributed by atoms with van der Waals surface area (Å²) in [7, 11) is 0. The third-order valence-electron chi connectivity index (χ3n) is 5.32. The number of imide groups is 1. The van der Waals surface area contributed by atoms with Gasteiger partial charge in [0, 0.05) is 25.2 Å². The first-order chi connectivity index (χ1) is 16.3. The van der Waals surface area contributed by atoms with Gasteiger partial charge < -0.3 is 4.90 Å². The van der Waals surface area contributed by atoms with E-state index >= 15 is 0 Å². The first-order valence-electron chi connectivity index (χ1n) is 10.2. The summed E-state index contributed by atoms with van der Waals surface area (Å²) in [6, 6.07) is 11.7. The molecule has 0 saturated carbocycles. The summed E-state index contributed by atoms with van der Waals surface area (Å²) < 4.78 is 27.9. The second kappa shape index (κ2) is 9.48. The third kappa shape index (κ3) is 4.42. The van der Waals surface area contributed by atoms with Crippen molar-refractivity contribution in [2.75, 3.05) is 18.0 Å². The van der Waals surface area contributed by atoms with Crippen LogP contribution >= 0.6 is 11.3 Å². The Bertz CT molecular complexity index is 1270. The summed E-state index contributed by atoms with van der Waals surface area (Å²) in [4.78, 5) is 50.6. The average Bonchev–Trinajstić information content (AvgIpc) is 3.40. The Morgan fingerprint density at radius 3 is 2.26 bits per heavy atom. The lowest BCUT2D eigenvalue weighted by atomic mass is 10.1. The molecule has 0 spiro atoms. The number of hydrogen-bond acceptors (Lipinski definition) is 6. The Morgan fingerprint density at radius 1 is 1.00 bits per heavy atom. The molecular weight excluding hydrogens is 468 g/mol. The number of carbonyl (C=O) groups excluding carboxylic acids is 3. The van der Waals surface area contributed by atoms with Crippen LogP contribution in [0.2, 0.25) is 0 Å². The summed E-state index contributed by atoms with van der Waals surface area (Å²) in [6.07, 6.45) is 0.603. The largest absolute Gasteiger partial charge is 0.324 e. The van der Waals surface area contributed by atoms with E-state index in [4.69, 9.17) is 0 Å². The van der Waals surface area contributed by atoms with Crippen LogP contribution in [0.3, 0.4) is 0 Å². The smallest absolute Gasteiger partial charge is 0.305 e. The van der Waals surface area contributed by atoms with Crippen LogP contribution in [0, 0.1) is 21.7 Å². The van der Waals surface area contributed by atoms with Crippen LogP contribution in [-0.4, -0.2) is 40.6 Å². The summed E-state index contributed by atoms with van der Waals surface area (Å²) >= 11 is 0.650. The van der Waals surface area contributed by atoms with Crippen LogP contribution in [0.5, 0.6) is 0 Å². The van der Waals surface area contributed by atoms with Crippen molar-refractivity contribution in [2.45, 2.75) is 12.8 Å². The Hall–Kier alpha value is -3.99. The number of hydrogen-bond donors (Lipinski definition) is 0. The number of benzene rings is 2. The fraction of sp³-hybridized carbons (Fsp3) is 0.174. The van der Waals surface area contributed by atoms with Gasteiger partial charge in [-0.05, 0) is 43.2 Å². The zero-order valence-electron chi connectivity index (χ0n) is 17.6. The highest BCUT2D eigenvalue weighted by Gasteiger charge is 2.34. The van der Waals surface area contributed by atoms with Gasteiger partial charge in [0.15, 0.2) is 0 Å². The van der Waals surface area contributed by atoms with Crippen molar-refractivity contribution in [1.29, 1.82) is 0 Å². The molecule has 4 rings (SSSR count). The number of carbonyl (C=O) groups is 3. The summed E-state index contributed by atoms with van der Waals surface area (Å²) in [6.45, 7) is 0.0843. The zero-order chi connectivity index (χ0) is 24.4. The topological polar surface area (TPSA) is 101 Å². The van der Waals surface area contributed by atoms with Crippen molar-refractivity contribution >= 4 is 39.7 Å². The van der Waals surface area contributed by atoms with Crippen molar-refractivity contribution in [3.05, 3.63) is 92.4 Å². The molecule has 0 fully saturated rings. The molecule has 3 aromatic rings. The highest BCUT2D eigenvalue weighted by Crippen LogP contribution is 2.29. The maximum absolute atomic E-state index is 14.5. The quantitative estimate of drug-likeness (QED) is 0.200. The van der Waals surface area contributed by atoms with Crippen molar-refractivity contribution in [3.8, 4) is 0 Å². The van der Waals surface area contributed by atoms with Crippen LogP contribution in [0.15, 0.2) is 54.6 Å². The molecule has 0 radical (unpaired) electrons. The number of anilines is 1. The standard InChI is InChI=1S/C23H17F2N3O5S/c24-14-7-8-18(17(25)13-14)26(23(31)19-9-10-20(34-19)28(32)33)11-3-4-12-27-21(29)15-5-1-2-6-16(15)22(27)30/h1-2,5-10,13H,3-4,11-12H2. The van der Waals surface area contributed by atoms with Gasteiger partial charge in [-0.3, -0.25) is 29.4 Å². The van der Waals surface area contributed by atoms with E-state index in [-0.39, 0.29) is 35.1 Å². The van der Waals surface area contributed by atoms with Gasteiger partial charge in [-0.2, -0.15) is 0 Å². The predicted octanol–water partition coefficient (Wildman–Crippen LogP) is 4.66. The molecule has 2 heterocycles. The van der Waals surface area contributed by atoms with Crippen molar-refractivity contribution < 1.29 is 28.1 Å². The number of thiophene rings is 1. The lowest BCUT2D eigenvalue weighted by Crippen LogP contribution is -2.34. The minimum Gasteiger partial charge on any atom is -0.305 e. The van der Waals surface area contributed by atoms with Gasteiger partial charge >= 0.3 is 5.00 Å².